The number of carbonyl (C=O) groups excluding carboxylic acids is 1. The summed E-state index contributed by atoms with van der Waals surface area (Å²) < 4.78 is 32.3. The molecular weight excluding hydrogens is 376 g/mol. The Morgan fingerprint density at radius 3 is 2.18 bits per heavy atom. The van der Waals surface area contributed by atoms with E-state index in [1.54, 1.807) is 42.5 Å². The highest BCUT2D eigenvalue weighted by molar-refractivity contribution is 7.90. The first-order valence-electron chi connectivity index (χ1n) is 8.57. The molecule has 4 aromatic rings. The van der Waals surface area contributed by atoms with Crippen LogP contribution in [0.3, 0.4) is 0 Å². The van der Waals surface area contributed by atoms with Crippen molar-refractivity contribution in [3.63, 3.8) is 0 Å². The second kappa shape index (κ2) is 7.28. The minimum atomic E-state index is -3.95. The first-order valence-corrected chi connectivity index (χ1v) is 10.0. The third-order valence-electron chi connectivity index (χ3n) is 4.23. The number of ether oxygens (including phenoxy) is 1. The zero-order valence-corrected chi connectivity index (χ0v) is 15.5. The first-order chi connectivity index (χ1) is 13.6. The van der Waals surface area contributed by atoms with Crippen molar-refractivity contribution >= 4 is 26.9 Å². The lowest BCUT2D eigenvalue weighted by Gasteiger charge is -2.05. The van der Waals surface area contributed by atoms with Gasteiger partial charge in [0.2, 0.25) is 0 Å². The van der Waals surface area contributed by atoms with Crippen LogP contribution >= 0.6 is 0 Å². The van der Waals surface area contributed by atoms with E-state index in [1.807, 2.05) is 30.3 Å². The molecule has 0 unspecified atom stereocenters. The van der Waals surface area contributed by atoms with Crippen molar-refractivity contribution in [2.24, 2.45) is 0 Å². The van der Waals surface area contributed by atoms with E-state index in [0.717, 1.165) is 9.65 Å². The molecule has 6 nitrogen and oxygen atoms in total. The van der Waals surface area contributed by atoms with Crippen molar-refractivity contribution in [1.82, 2.24) is 9.19 Å². The lowest BCUT2D eigenvalue weighted by atomic mass is 10.2. The van der Waals surface area contributed by atoms with Crippen molar-refractivity contribution in [3.8, 4) is 0 Å². The summed E-state index contributed by atoms with van der Waals surface area (Å²) >= 11 is 0. The van der Waals surface area contributed by atoms with Gasteiger partial charge in [-0.1, -0.05) is 66.7 Å². The third-order valence-corrected chi connectivity index (χ3v) is 5.83. The van der Waals surface area contributed by atoms with Crippen molar-refractivity contribution in [2.75, 3.05) is 0 Å². The number of nitrogens with zero attached hydrogens (tertiary/aromatic N) is 2. The quantitative estimate of drug-likeness (QED) is 0.485. The van der Waals surface area contributed by atoms with Crippen molar-refractivity contribution in [1.29, 1.82) is 0 Å². The molecule has 140 valence electrons. The van der Waals surface area contributed by atoms with E-state index < -0.39 is 16.0 Å². The Bertz CT molecular complexity index is 1230. The maximum Gasteiger partial charge on any atom is 0.359 e. The van der Waals surface area contributed by atoms with Gasteiger partial charge >= 0.3 is 5.97 Å². The molecule has 0 atom stereocenters. The van der Waals surface area contributed by atoms with Gasteiger partial charge in [-0.15, -0.1) is 5.10 Å². The van der Waals surface area contributed by atoms with Gasteiger partial charge in [-0.3, -0.25) is 0 Å². The highest BCUT2D eigenvalue weighted by Gasteiger charge is 2.26. The zero-order chi connectivity index (χ0) is 19.6. The minimum absolute atomic E-state index is 0.0361. The van der Waals surface area contributed by atoms with E-state index in [1.165, 1.54) is 12.1 Å². The number of carbonyl (C=O) groups is 1. The lowest BCUT2D eigenvalue weighted by Crippen LogP contribution is -2.15. The van der Waals surface area contributed by atoms with E-state index >= 15 is 0 Å². The normalized spacial score (nSPS) is 11.4. The Morgan fingerprint density at radius 2 is 1.46 bits per heavy atom. The van der Waals surface area contributed by atoms with E-state index in [0.29, 0.717) is 10.9 Å². The summed E-state index contributed by atoms with van der Waals surface area (Å²) in [5, 5.41) is 4.52. The lowest BCUT2D eigenvalue weighted by molar-refractivity contribution is 0.0467. The summed E-state index contributed by atoms with van der Waals surface area (Å²) in [5.74, 6) is -0.679. The fourth-order valence-electron chi connectivity index (χ4n) is 2.86. The summed E-state index contributed by atoms with van der Waals surface area (Å²) in [6.45, 7) is 0.0757. The average Bonchev–Trinajstić information content (AvgIpc) is 3.14. The van der Waals surface area contributed by atoms with Gasteiger partial charge in [0.05, 0.1) is 10.4 Å². The van der Waals surface area contributed by atoms with Crippen molar-refractivity contribution in [3.05, 3.63) is 96.2 Å². The molecule has 0 saturated carbocycles. The predicted octanol–water partition coefficient (Wildman–Crippen LogP) is 3.63. The van der Waals surface area contributed by atoms with Gasteiger partial charge < -0.3 is 4.74 Å². The standard InChI is InChI=1S/C21H16N2O4S/c24-21(27-15-16-9-3-1-4-10-16)20-18-13-7-8-14-19(18)23(22-20)28(25,26)17-11-5-2-6-12-17/h1-14H,15H2. The maximum absolute atomic E-state index is 13.0. The number of para-hydroxylation sites is 1. The largest absolute Gasteiger partial charge is 0.456 e. The molecule has 0 radical (unpaired) electrons. The topological polar surface area (TPSA) is 78.3 Å². The Kier molecular flexibility index (Phi) is 4.67. The van der Waals surface area contributed by atoms with Crippen LogP contribution in [0, 0.1) is 0 Å². The summed E-state index contributed by atoms with van der Waals surface area (Å²) in [7, 11) is -3.95. The zero-order valence-electron chi connectivity index (χ0n) is 14.7. The fraction of sp³-hybridized carbons (Fsp3) is 0.0476. The SMILES string of the molecule is O=C(OCc1ccccc1)c1nn(S(=O)(=O)c2ccccc2)c2ccccc12. The summed E-state index contributed by atoms with van der Waals surface area (Å²) in [6.07, 6.45) is 0. The third kappa shape index (κ3) is 3.27. The minimum Gasteiger partial charge on any atom is -0.456 e. The van der Waals surface area contributed by atoms with Gasteiger partial charge in [-0.2, -0.15) is 12.5 Å². The Hall–Kier alpha value is -3.45. The van der Waals surface area contributed by atoms with Crippen molar-refractivity contribution in [2.45, 2.75) is 11.5 Å². The molecule has 0 N–H and O–H groups in total. The van der Waals surface area contributed by atoms with Crippen LogP contribution in [0.15, 0.2) is 89.8 Å². The monoisotopic (exact) mass is 392 g/mol. The number of esters is 1. The highest BCUT2D eigenvalue weighted by Crippen LogP contribution is 2.24. The van der Waals surface area contributed by atoms with Crippen LogP contribution in [0.25, 0.3) is 10.9 Å². The molecule has 0 amide bonds. The van der Waals surface area contributed by atoms with Crippen molar-refractivity contribution < 1.29 is 17.9 Å². The Labute approximate surface area is 162 Å². The van der Waals surface area contributed by atoms with Crippen LogP contribution in [0.4, 0.5) is 0 Å². The molecule has 0 aliphatic heterocycles. The summed E-state index contributed by atoms with van der Waals surface area (Å²) in [6, 6.07) is 23.9. The van der Waals surface area contributed by atoms with Gasteiger partial charge in [0, 0.05) is 5.39 Å². The predicted molar refractivity (Wildman–Crippen MR) is 104 cm³/mol. The van der Waals surface area contributed by atoms with Crippen LogP contribution in [0.5, 0.6) is 0 Å². The van der Waals surface area contributed by atoms with Gasteiger partial charge in [0.25, 0.3) is 10.0 Å². The summed E-state index contributed by atoms with van der Waals surface area (Å²) in [4.78, 5) is 12.7. The summed E-state index contributed by atoms with van der Waals surface area (Å²) in [5.41, 5.74) is 1.11. The Morgan fingerprint density at radius 1 is 0.857 bits per heavy atom. The molecule has 4 rings (SSSR count). The van der Waals surface area contributed by atoms with Gasteiger partial charge in [0.15, 0.2) is 5.69 Å². The Balaban J connectivity index is 1.74. The molecule has 0 spiro atoms. The number of hydrogen-bond acceptors (Lipinski definition) is 5. The second-order valence-electron chi connectivity index (χ2n) is 6.09. The molecule has 0 bridgehead atoms. The molecule has 0 aliphatic carbocycles. The van der Waals surface area contributed by atoms with Crippen LogP contribution in [-0.2, 0) is 21.4 Å². The van der Waals surface area contributed by atoms with Gasteiger partial charge in [-0.05, 0) is 23.8 Å². The van der Waals surface area contributed by atoms with Crippen LogP contribution in [-0.4, -0.2) is 23.6 Å². The number of aromatic nitrogens is 2. The van der Waals surface area contributed by atoms with Crippen LogP contribution in [0.2, 0.25) is 0 Å². The molecule has 1 heterocycles. The molecule has 0 saturated heterocycles. The van der Waals surface area contributed by atoms with Gasteiger partial charge in [0.1, 0.15) is 6.61 Å². The number of rotatable bonds is 5. The molecule has 3 aromatic carbocycles. The van der Waals surface area contributed by atoms with E-state index in [9.17, 15) is 13.2 Å². The van der Waals surface area contributed by atoms with E-state index in [2.05, 4.69) is 5.10 Å². The number of benzene rings is 3. The van der Waals surface area contributed by atoms with Gasteiger partial charge in [-0.25, -0.2) is 4.79 Å². The number of fused-ring (bicyclic) bond motifs is 1. The molecule has 1 aromatic heterocycles. The van der Waals surface area contributed by atoms with Crippen LogP contribution in [0.1, 0.15) is 16.1 Å². The fourth-order valence-corrected chi connectivity index (χ4v) is 4.17. The first kappa shape index (κ1) is 17.9. The molecular formula is C21H16N2O4S. The molecule has 0 aliphatic rings. The molecule has 28 heavy (non-hydrogen) atoms. The van der Waals surface area contributed by atoms with E-state index in [4.69, 9.17) is 4.74 Å². The van der Waals surface area contributed by atoms with E-state index in [-0.39, 0.29) is 17.2 Å². The smallest absolute Gasteiger partial charge is 0.359 e. The number of hydrogen-bond donors (Lipinski definition) is 0. The maximum atomic E-state index is 13.0. The second-order valence-corrected chi connectivity index (χ2v) is 7.86. The highest BCUT2D eigenvalue weighted by atomic mass is 32.2. The van der Waals surface area contributed by atoms with Crippen LogP contribution < -0.4 is 0 Å². The average molecular weight is 392 g/mol. The molecule has 7 heteroatoms. The molecule has 0 fully saturated rings.